The van der Waals surface area contributed by atoms with Crippen LogP contribution in [0.2, 0.25) is 0 Å². The Morgan fingerprint density at radius 3 is 2.49 bits per heavy atom. The summed E-state index contributed by atoms with van der Waals surface area (Å²) >= 11 is 0. The minimum absolute atomic E-state index is 0.0771. The smallest absolute Gasteiger partial charge is 0.303 e. The van der Waals surface area contributed by atoms with Crippen molar-refractivity contribution in [3.8, 4) is 11.5 Å². The minimum Gasteiger partial charge on any atom is -0.489 e. The summed E-state index contributed by atoms with van der Waals surface area (Å²) in [6.45, 7) is 1.14. The molecule has 0 saturated heterocycles. The van der Waals surface area contributed by atoms with Crippen LogP contribution in [0.4, 0.5) is 5.69 Å². The standard InChI is InChI=1S/C28H43NO6/c1-29-22-18-23(28-26(19-22)34-16-7-17-35-28)25(31)10-6-5-9-21-14-12-20(13-15-24(21)30)8-3-2-4-11-27(32)33/h18-21,24,29-30H,2-17H2,1H3,(H,32,33)/t20-,21?,24?/m1/s1. The number of anilines is 1. The average molecular weight is 490 g/mol. The molecule has 2 aliphatic rings. The van der Waals surface area contributed by atoms with Crippen molar-refractivity contribution in [1.82, 2.24) is 0 Å². The SMILES string of the molecule is CNc1cc2c(c(C(=O)CCCCC3CC[C@@H](CCCCCC(=O)O)CCC3O)c1)OCCCO2. The monoisotopic (exact) mass is 489 g/mol. The molecule has 1 saturated carbocycles. The number of unbranched alkanes of at least 4 members (excludes halogenated alkanes) is 3. The second kappa shape index (κ2) is 14.3. The zero-order valence-corrected chi connectivity index (χ0v) is 21.2. The summed E-state index contributed by atoms with van der Waals surface area (Å²) in [6, 6.07) is 3.74. The Hall–Kier alpha value is -2.28. The van der Waals surface area contributed by atoms with Crippen LogP contribution in [-0.4, -0.2) is 48.3 Å². The van der Waals surface area contributed by atoms with E-state index in [1.807, 2.05) is 19.2 Å². The van der Waals surface area contributed by atoms with E-state index in [2.05, 4.69) is 5.32 Å². The second-order valence-corrected chi connectivity index (χ2v) is 10.2. The quantitative estimate of drug-likeness (QED) is 0.182. The Morgan fingerprint density at radius 2 is 1.69 bits per heavy atom. The lowest BCUT2D eigenvalue weighted by molar-refractivity contribution is -0.137. The molecule has 7 nitrogen and oxygen atoms in total. The summed E-state index contributed by atoms with van der Waals surface area (Å²) in [5, 5.41) is 22.5. The zero-order chi connectivity index (χ0) is 25.0. The van der Waals surface area contributed by atoms with Crippen molar-refractivity contribution in [2.45, 2.75) is 96.0 Å². The first-order valence-corrected chi connectivity index (χ1v) is 13.5. The Bertz CT molecular complexity index is 826. The number of nitrogens with one attached hydrogen (secondary N) is 1. The molecule has 1 aromatic carbocycles. The van der Waals surface area contributed by atoms with Crippen LogP contribution in [-0.2, 0) is 4.79 Å². The van der Waals surface area contributed by atoms with E-state index in [1.54, 1.807) is 0 Å². The molecule has 1 aliphatic heterocycles. The molecule has 3 rings (SSSR count). The van der Waals surface area contributed by atoms with Gasteiger partial charge in [-0.15, -0.1) is 0 Å². The van der Waals surface area contributed by atoms with Gasteiger partial charge in [0.2, 0.25) is 0 Å². The van der Waals surface area contributed by atoms with Crippen LogP contribution >= 0.6 is 0 Å². The molecule has 0 radical (unpaired) electrons. The molecule has 0 spiro atoms. The van der Waals surface area contributed by atoms with Gasteiger partial charge in [-0.2, -0.15) is 0 Å². The molecular weight excluding hydrogens is 446 g/mol. The van der Waals surface area contributed by atoms with Gasteiger partial charge in [-0.3, -0.25) is 9.59 Å². The third kappa shape index (κ3) is 8.71. The Labute approximate surface area is 209 Å². The van der Waals surface area contributed by atoms with Gasteiger partial charge in [0, 0.05) is 38.1 Å². The van der Waals surface area contributed by atoms with E-state index in [1.165, 1.54) is 0 Å². The van der Waals surface area contributed by atoms with Gasteiger partial charge in [-0.1, -0.05) is 32.1 Å². The summed E-state index contributed by atoms with van der Waals surface area (Å²) < 4.78 is 11.7. The number of rotatable bonds is 13. The largest absolute Gasteiger partial charge is 0.489 e. The zero-order valence-electron chi connectivity index (χ0n) is 21.2. The molecule has 2 unspecified atom stereocenters. The molecule has 35 heavy (non-hydrogen) atoms. The number of carboxylic acid groups (broad SMARTS) is 1. The number of Topliss-reactive ketones (excluding diaryl/α,β-unsaturated/α-hetero) is 1. The van der Waals surface area contributed by atoms with E-state index in [4.69, 9.17) is 14.6 Å². The number of carbonyl (C=O) groups excluding carboxylic acids is 1. The Kier molecular flexibility index (Phi) is 11.2. The molecule has 7 heteroatoms. The van der Waals surface area contributed by atoms with Gasteiger partial charge in [0.25, 0.3) is 0 Å². The van der Waals surface area contributed by atoms with Gasteiger partial charge in [0.15, 0.2) is 17.3 Å². The molecule has 1 fully saturated rings. The third-order valence-electron chi connectivity index (χ3n) is 7.53. The fourth-order valence-corrected chi connectivity index (χ4v) is 5.39. The number of fused-ring (bicyclic) bond motifs is 1. The lowest BCUT2D eigenvalue weighted by atomic mass is 9.90. The van der Waals surface area contributed by atoms with Crippen molar-refractivity contribution < 1.29 is 29.3 Å². The van der Waals surface area contributed by atoms with E-state index in [-0.39, 0.29) is 18.3 Å². The van der Waals surface area contributed by atoms with Crippen LogP contribution in [0.15, 0.2) is 12.1 Å². The number of aliphatic hydroxyl groups is 1. The highest BCUT2D eigenvalue weighted by Gasteiger charge is 2.26. The lowest BCUT2D eigenvalue weighted by Crippen LogP contribution is -2.18. The van der Waals surface area contributed by atoms with Gasteiger partial charge >= 0.3 is 5.97 Å². The summed E-state index contributed by atoms with van der Waals surface area (Å²) in [5.74, 6) is 1.51. The molecule has 3 atom stereocenters. The van der Waals surface area contributed by atoms with Gasteiger partial charge in [-0.05, 0) is 56.4 Å². The predicted octanol–water partition coefficient (Wildman–Crippen LogP) is 5.84. The molecular formula is C28H43NO6. The van der Waals surface area contributed by atoms with E-state index < -0.39 is 5.97 Å². The third-order valence-corrected chi connectivity index (χ3v) is 7.53. The van der Waals surface area contributed by atoms with Crippen LogP contribution in [0.3, 0.4) is 0 Å². The highest BCUT2D eigenvalue weighted by molar-refractivity contribution is 6.00. The van der Waals surface area contributed by atoms with Crippen molar-refractivity contribution in [2.75, 3.05) is 25.6 Å². The van der Waals surface area contributed by atoms with E-state index >= 15 is 0 Å². The van der Waals surface area contributed by atoms with Crippen LogP contribution in [0.1, 0.15) is 100 Å². The molecule has 0 aromatic heterocycles. The second-order valence-electron chi connectivity index (χ2n) is 10.2. The van der Waals surface area contributed by atoms with Crippen LogP contribution in [0.5, 0.6) is 11.5 Å². The number of benzene rings is 1. The predicted molar refractivity (Wildman–Crippen MR) is 137 cm³/mol. The minimum atomic E-state index is -0.712. The highest BCUT2D eigenvalue weighted by atomic mass is 16.5. The van der Waals surface area contributed by atoms with Crippen LogP contribution in [0, 0.1) is 11.8 Å². The van der Waals surface area contributed by atoms with Gasteiger partial charge in [0.1, 0.15) is 0 Å². The van der Waals surface area contributed by atoms with Crippen molar-refractivity contribution >= 4 is 17.4 Å². The summed E-state index contributed by atoms with van der Waals surface area (Å²) in [4.78, 5) is 23.7. The fraction of sp³-hybridized carbons (Fsp3) is 0.714. The van der Waals surface area contributed by atoms with Crippen molar-refractivity contribution in [3.63, 3.8) is 0 Å². The van der Waals surface area contributed by atoms with Crippen molar-refractivity contribution in [3.05, 3.63) is 17.7 Å². The molecule has 1 aliphatic carbocycles. The van der Waals surface area contributed by atoms with Crippen LogP contribution < -0.4 is 14.8 Å². The highest BCUT2D eigenvalue weighted by Crippen LogP contribution is 2.38. The summed E-state index contributed by atoms with van der Waals surface area (Å²) in [6.07, 6.45) is 12.0. The lowest BCUT2D eigenvalue weighted by Gasteiger charge is -2.20. The maximum atomic E-state index is 13.0. The molecule has 0 bridgehead atoms. The number of hydrogen-bond donors (Lipinski definition) is 3. The number of carboxylic acids is 1. The van der Waals surface area contributed by atoms with E-state index in [0.717, 1.165) is 82.7 Å². The van der Waals surface area contributed by atoms with Crippen molar-refractivity contribution in [2.24, 2.45) is 11.8 Å². The first kappa shape index (κ1) is 27.3. The van der Waals surface area contributed by atoms with E-state index in [9.17, 15) is 14.7 Å². The van der Waals surface area contributed by atoms with Crippen molar-refractivity contribution in [1.29, 1.82) is 0 Å². The molecule has 3 N–H and O–H groups in total. The average Bonchev–Trinajstić information content (AvgIpc) is 3.19. The molecule has 0 amide bonds. The maximum absolute atomic E-state index is 13.0. The normalized spacial score (nSPS) is 22.2. The number of aliphatic hydroxyl groups excluding tert-OH is 1. The van der Waals surface area contributed by atoms with Gasteiger partial charge in [0.05, 0.1) is 24.9 Å². The first-order valence-electron chi connectivity index (χ1n) is 13.5. The first-order chi connectivity index (χ1) is 17.0. The Morgan fingerprint density at radius 1 is 0.943 bits per heavy atom. The summed E-state index contributed by atoms with van der Waals surface area (Å²) in [7, 11) is 1.83. The number of aliphatic carboxylic acids is 1. The Balaban J connectivity index is 1.42. The maximum Gasteiger partial charge on any atom is 0.303 e. The molecule has 1 aromatic rings. The number of hydrogen-bond acceptors (Lipinski definition) is 6. The van der Waals surface area contributed by atoms with Gasteiger partial charge in [-0.25, -0.2) is 0 Å². The number of ether oxygens (including phenoxy) is 2. The summed E-state index contributed by atoms with van der Waals surface area (Å²) in [5.41, 5.74) is 1.44. The molecule has 1 heterocycles. The van der Waals surface area contributed by atoms with E-state index in [0.29, 0.717) is 48.5 Å². The topological polar surface area (TPSA) is 105 Å². The van der Waals surface area contributed by atoms with Crippen LogP contribution in [0.25, 0.3) is 0 Å². The number of ketones is 1. The number of carbonyl (C=O) groups is 2. The van der Waals surface area contributed by atoms with Gasteiger partial charge < -0.3 is 25.0 Å². The molecule has 196 valence electrons. The fourth-order valence-electron chi connectivity index (χ4n) is 5.39.